The number of fused-ring (bicyclic) bond motifs is 2. The molecule has 7 nitrogen and oxygen atoms in total. The van der Waals surface area contributed by atoms with E-state index < -0.39 is 0 Å². The molecule has 0 radical (unpaired) electrons. The Kier molecular flexibility index (Phi) is 3.68. The number of hydrogen-bond acceptors (Lipinski definition) is 4. The summed E-state index contributed by atoms with van der Waals surface area (Å²) < 4.78 is 7.08. The molecule has 4 rings (SSSR count). The maximum Gasteiger partial charge on any atom is 0.262 e. The Bertz CT molecular complexity index is 906. The van der Waals surface area contributed by atoms with Crippen LogP contribution < -0.4 is 15.4 Å². The number of ether oxygens (including phenoxy) is 1. The van der Waals surface area contributed by atoms with E-state index in [-0.39, 0.29) is 30.8 Å². The van der Waals surface area contributed by atoms with Crippen molar-refractivity contribution in [2.75, 3.05) is 17.2 Å². The normalized spacial score (nSPS) is 18.8. The summed E-state index contributed by atoms with van der Waals surface area (Å²) in [5, 5.41) is 10.7. The highest BCUT2D eigenvalue weighted by Crippen LogP contribution is 2.45. The maximum absolute atomic E-state index is 12.3. The number of amides is 2. The highest BCUT2D eigenvalue weighted by molar-refractivity contribution is 6.30. The van der Waals surface area contributed by atoms with E-state index in [1.54, 1.807) is 17.8 Å². The topological polar surface area (TPSA) is 85.3 Å². The molecular formula is C17H17ClN4O3. The van der Waals surface area contributed by atoms with E-state index in [1.807, 2.05) is 13.0 Å². The molecule has 0 fully saturated rings. The number of nitrogens with zero attached hydrogens (tertiary/aromatic N) is 2. The lowest BCUT2D eigenvalue weighted by atomic mass is 9.84. The van der Waals surface area contributed by atoms with Crippen molar-refractivity contribution in [2.45, 2.75) is 25.7 Å². The van der Waals surface area contributed by atoms with Crippen molar-refractivity contribution in [1.29, 1.82) is 0 Å². The summed E-state index contributed by atoms with van der Waals surface area (Å²) in [5.74, 6) is 0.0492. The van der Waals surface area contributed by atoms with Crippen molar-refractivity contribution in [3.05, 3.63) is 34.1 Å². The fourth-order valence-corrected chi connectivity index (χ4v) is 3.75. The molecule has 3 heterocycles. The van der Waals surface area contributed by atoms with Crippen LogP contribution in [0, 0.1) is 0 Å². The van der Waals surface area contributed by atoms with Crippen LogP contribution in [0.5, 0.6) is 5.75 Å². The lowest BCUT2D eigenvalue weighted by Gasteiger charge is -2.29. The van der Waals surface area contributed by atoms with Gasteiger partial charge in [0.15, 0.2) is 6.61 Å². The molecule has 1 aromatic carbocycles. The van der Waals surface area contributed by atoms with Crippen LogP contribution in [0.15, 0.2) is 12.1 Å². The van der Waals surface area contributed by atoms with Gasteiger partial charge in [0.1, 0.15) is 10.9 Å². The number of benzene rings is 1. The van der Waals surface area contributed by atoms with Crippen LogP contribution in [0.4, 0.5) is 11.4 Å². The van der Waals surface area contributed by atoms with Crippen molar-refractivity contribution < 1.29 is 14.3 Å². The molecule has 0 unspecified atom stereocenters. The maximum atomic E-state index is 12.3. The molecule has 2 amide bonds. The van der Waals surface area contributed by atoms with E-state index in [1.165, 1.54) is 0 Å². The van der Waals surface area contributed by atoms with E-state index >= 15 is 0 Å². The number of hydrogen-bond donors (Lipinski definition) is 2. The van der Waals surface area contributed by atoms with E-state index in [2.05, 4.69) is 15.7 Å². The standard InChI is InChI=1S/C17H17ClN4O3/c1-3-10-16(17(18)22(2)21-10)9-5-14(23)19-11-6-13-12(4-8(9)11)20-15(24)7-25-13/h4,6,9H,3,5,7H2,1-2H3,(H,19,23)(H,20,24)/t9-/m1/s1. The van der Waals surface area contributed by atoms with Crippen molar-refractivity contribution in [3.8, 4) is 5.75 Å². The highest BCUT2D eigenvalue weighted by Gasteiger charge is 2.33. The van der Waals surface area contributed by atoms with Crippen LogP contribution in [0.25, 0.3) is 0 Å². The van der Waals surface area contributed by atoms with Gasteiger partial charge in [0.05, 0.1) is 11.4 Å². The fourth-order valence-electron chi connectivity index (χ4n) is 3.47. The molecule has 130 valence electrons. The predicted octanol–water partition coefficient (Wildman–Crippen LogP) is 2.44. The average Bonchev–Trinajstić information content (AvgIpc) is 2.87. The Morgan fingerprint density at radius 3 is 2.80 bits per heavy atom. The van der Waals surface area contributed by atoms with Crippen LogP contribution in [0.2, 0.25) is 5.15 Å². The molecule has 2 N–H and O–H groups in total. The third-order valence-corrected chi connectivity index (χ3v) is 5.04. The van der Waals surface area contributed by atoms with Crippen LogP contribution in [0.3, 0.4) is 0 Å². The molecule has 0 saturated heterocycles. The van der Waals surface area contributed by atoms with Gasteiger partial charge in [-0.3, -0.25) is 14.3 Å². The second kappa shape index (κ2) is 5.77. The molecular weight excluding hydrogens is 344 g/mol. The predicted molar refractivity (Wildman–Crippen MR) is 93.3 cm³/mol. The minimum Gasteiger partial charge on any atom is -0.482 e. The summed E-state index contributed by atoms with van der Waals surface area (Å²) in [6, 6.07) is 3.61. The molecule has 8 heteroatoms. The third kappa shape index (κ3) is 2.55. The van der Waals surface area contributed by atoms with Gasteiger partial charge >= 0.3 is 0 Å². The van der Waals surface area contributed by atoms with Gasteiger partial charge in [-0.15, -0.1) is 0 Å². The van der Waals surface area contributed by atoms with Crippen molar-refractivity contribution in [1.82, 2.24) is 9.78 Å². The number of anilines is 2. The first-order chi connectivity index (χ1) is 12.0. The van der Waals surface area contributed by atoms with Gasteiger partial charge in [-0.2, -0.15) is 5.10 Å². The van der Waals surface area contributed by atoms with Gasteiger partial charge in [0, 0.05) is 36.7 Å². The zero-order chi connectivity index (χ0) is 17.7. The molecule has 25 heavy (non-hydrogen) atoms. The number of carbonyl (C=O) groups excluding carboxylic acids is 2. The molecule has 1 atom stereocenters. The molecule has 0 saturated carbocycles. The second-order valence-corrected chi connectivity index (χ2v) is 6.56. The molecule has 1 aromatic heterocycles. The van der Waals surface area contributed by atoms with Gasteiger partial charge in [-0.25, -0.2) is 0 Å². The summed E-state index contributed by atoms with van der Waals surface area (Å²) >= 11 is 6.48. The minimum atomic E-state index is -0.218. The summed E-state index contributed by atoms with van der Waals surface area (Å²) in [7, 11) is 1.79. The number of carbonyl (C=O) groups is 2. The molecule has 2 aliphatic rings. The first kappa shape index (κ1) is 16.0. The Morgan fingerprint density at radius 2 is 2.04 bits per heavy atom. The van der Waals surface area contributed by atoms with Crippen LogP contribution in [-0.2, 0) is 23.1 Å². The largest absolute Gasteiger partial charge is 0.482 e. The van der Waals surface area contributed by atoms with Crippen LogP contribution >= 0.6 is 11.6 Å². The van der Waals surface area contributed by atoms with Gasteiger partial charge in [-0.1, -0.05) is 18.5 Å². The monoisotopic (exact) mass is 360 g/mol. The van der Waals surface area contributed by atoms with Crippen molar-refractivity contribution in [2.24, 2.45) is 7.05 Å². The summed E-state index contributed by atoms with van der Waals surface area (Å²) in [5.41, 5.74) is 3.92. The Morgan fingerprint density at radius 1 is 1.28 bits per heavy atom. The minimum absolute atomic E-state index is 0.0302. The van der Waals surface area contributed by atoms with E-state index in [9.17, 15) is 9.59 Å². The Labute approximate surface area is 149 Å². The van der Waals surface area contributed by atoms with E-state index in [0.29, 0.717) is 28.7 Å². The van der Waals surface area contributed by atoms with Crippen LogP contribution in [0.1, 0.15) is 36.1 Å². The van der Waals surface area contributed by atoms with Crippen molar-refractivity contribution >= 4 is 34.8 Å². The third-order valence-electron chi connectivity index (χ3n) is 4.59. The fraction of sp³-hybridized carbons (Fsp3) is 0.353. The van der Waals surface area contributed by atoms with Crippen LogP contribution in [-0.4, -0.2) is 28.2 Å². The zero-order valence-corrected chi connectivity index (χ0v) is 14.6. The van der Waals surface area contributed by atoms with E-state index in [0.717, 1.165) is 16.8 Å². The molecule has 2 aromatic rings. The molecule has 2 aliphatic heterocycles. The molecule has 0 aliphatic carbocycles. The summed E-state index contributed by atoms with van der Waals surface area (Å²) in [6.45, 7) is 1.98. The number of aromatic nitrogens is 2. The summed E-state index contributed by atoms with van der Waals surface area (Å²) in [6.07, 6.45) is 0.993. The SMILES string of the molecule is CCc1nn(C)c(Cl)c1[C@@H]1CC(=O)Nc2cc3c(cc21)NC(=O)CO3. The zero-order valence-electron chi connectivity index (χ0n) is 13.9. The molecule has 0 bridgehead atoms. The number of rotatable bonds is 2. The number of halogens is 1. The smallest absolute Gasteiger partial charge is 0.262 e. The molecule has 0 spiro atoms. The quantitative estimate of drug-likeness (QED) is 0.861. The number of aryl methyl sites for hydroxylation is 2. The summed E-state index contributed by atoms with van der Waals surface area (Å²) in [4.78, 5) is 23.9. The lowest BCUT2D eigenvalue weighted by molar-refractivity contribution is -0.119. The first-order valence-electron chi connectivity index (χ1n) is 8.09. The van der Waals surface area contributed by atoms with E-state index in [4.69, 9.17) is 16.3 Å². The Hall–Kier alpha value is -2.54. The first-order valence-corrected chi connectivity index (χ1v) is 8.47. The highest BCUT2D eigenvalue weighted by atomic mass is 35.5. The van der Waals surface area contributed by atoms with Gasteiger partial charge in [0.25, 0.3) is 5.91 Å². The second-order valence-electron chi connectivity index (χ2n) is 6.21. The van der Waals surface area contributed by atoms with Gasteiger partial charge in [0.2, 0.25) is 5.91 Å². The van der Waals surface area contributed by atoms with Gasteiger partial charge < -0.3 is 15.4 Å². The van der Waals surface area contributed by atoms with Crippen molar-refractivity contribution in [3.63, 3.8) is 0 Å². The lowest BCUT2D eigenvalue weighted by Crippen LogP contribution is -2.28. The van der Waals surface area contributed by atoms with Gasteiger partial charge in [-0.05, 0) is 18.1 Å². The Balaban J connectivity index is 1.89. The average molecular weight is 361 g/mol. The number of nitrogens with one attached hydrogen (secondary N) is 2.